The molecule has 1 atom stereocenters. The molecule has 1 amide bonds. The van der Waals surface area contributed by atoms with E-state index in [2.05, 4.69) is 5.32 Å². The first-order valence-electron chi connectivity index (χ1n) is 10.3. The van der Waals surface area contributed by atoms with Gasteiger partial charge in [-0.3, -0.25) is 4.79 Å². The molecule has 0 aliphatic carbocycles. The minimum Gasteiger partial charge on any atom is -0.494 e. The standard InChI is InChI=1S/C20H31N3O4S/c1-2-27-19-10-8-17(9-11-19)15-21-20(24)18-7-6-14-23(16-18)28(25,26)22-12-4-3-5-13-22/h8-11,18H,2-7,12-16H2,1H3,(H,21,24)/t18-/m0/s1. The zero-order chi connectivity index (χ0) is 20.0. The molecule has 156 valence electrons. The van der Waals surface area contributed by atoms with Crippen molar-refractivity contribution in [1.82, 2.24) is 13.9 Å². The first-order chi connectivity index (χ1) is 13.5. The van der Waals surface area contributed by atoms with Gasteiger partial charge in [-0.2, -0.15) is 17.0 Å². The van der Waals surface area contributed by atoms with Gasteiger partial charge in [0.05, 0.1) is 12.5 Å². The van der Waals surface area contributed by atoms with Gasteiger partial charge < -0.3 is 10.1 Å². The van der Waals surface area contributed by atoms with Crippen LogP contribution in [-0.2, 0) is 21.5 Å². The predicted molar refractivity (Wildman–Crippen MR) is 108 cm³/mol. The molecule has 1 aromatic carbocycles. The van der Waals surface area contributed by atoms with E-state index in [1.54, 1.807) is 4.31 Å². The van der Waals surface area contributed by atoms with Gasteiger partial charge in [0.2, 0.25) is 5.91 Å². The molecule has 2 aliphatic heterocycles. The summed E-state index contributed by atoms with van der Waals surface area (Å²) in [7, 11) is -3.46. The van der Waals surface area contributed by atoms with Crippen molar-refractivity contribution in [2.45, 2.75) is 45.6 Å². The van der Waals surface area contributed by atoms with Crippen LogP contribution in [0.2, 0.25) is 0 Å². The first kappa shape index (κ1) is 21.1. The zero-order valence-electron chi connectivity index (χ0n) is 16.6. The molecule has 1 N–H and O–H groups in total. The maximum atomic E-state index is 12.9. The van der Waals surface area contributed by atoms with E-state index in [0.29, 0.717) is 39.2 Å². The van der Waals surface area contributed by atoms with E-state index in [-0.39, 0.29) is 18.4 Å². The number of amides is 1. The Morgan fingerprint density at radius 1 is 1.07 bits per heavy atom. The van der Waals surface area contributed by atoms with Crippen LogP contribution in [0.25, 0.3) is 0 Å². The molecule has 0 saturated carbocycles. The SMILES string of the molecule is CCOc1ccc(CNC(=O)[C@H]2CCCN(S(=O)(=O)N3CCCCC3)C2)cc1. The summed E-state index contributed by atoms with van der Waals surface area (Å²) in [6.07, 6.45) is 4.36. The van der Waals surface area contributed by atoms with E-state index in [0.717, 1.165) is 37.0 Å². The third-order valence-corrected chi connectivity index (χ3v) is 7.43. The predicted octanol–water partition coefficient (Wildman–Crippen LogP) is 2.14. The highest BCUT2D eigenvalue weighted by atomic mass is 32.2. The lowest BCUT2D eigenvalue weighted by Crippen LogP contribution is -2.51. The number of piperidine rings is 2. The molecule has 0 bridgehead atoms. The van der Waals surface area contributed by atoms with Crippen molar-refractivity contribution in [3.05, 3.63) is 29.8 Å². The Kier molecular flexibility index (Phi) is 7.31. The lowest BCUT2D eigenvalue weighted by Gasteiger charge is -2.36. The van der Waals surface area contributed by atoms with Crippen molar-refractivity contribution < 1.29 is 17.9 Å². The van der Waals surface area contributed by atoms with Gasteiger partial charge in [-0.15, -0.1) is 0 Å². The van der Waals surface area contributed by atoms with E-state index in [1.165, 1.54) is 4.31 Å². The molecule has 0 radical (unpaired) electrons. The van der Waals surface area contributed by atoms with Gasteiger partial charge in [0.15, 0.2) is 0 Å². The minimum atomic E-state index is -3.46. The monoisotopic (exact) mass is 409 g/mol. The molecule has 1 aromatic rings. The number of hydrogen-bond donors (Lipinski definition) is 1. The molecule has 2 aliphatic rings. The van der Waals surface area contributed by atoms with E-state index in [4.69, 9.17) is 4.74 Å². The number of nitrogens with zero attached hydrogens (tertiary/aromatic N) is 2. The number of rotatable bonds is 7. The number of carbonyl (C=O) groups excluding carboxylic acids is 1. The minimum absolute atomic E-state index is 0.0765. The summed E-state index contributed by atoms with van der Waals surface area (Å²) < 4.78 is 34.3. The highest BCUT2D eigenvalue weighted by Gasteiger charge is 2.36. The Bertz CT molecular complexity index is 745. The van der Waals surface area contributed by atoms with Crippen LogP contribution in [0.5, 0.6) is 5.75 Å². The summed E-state index contributed by atoms with van der Waals surface area (Å²) in [5.74, 6) is 0.437. The molecule has 7 nitrogen and oxygen atoms in total. The average molecular weight is 410 g/mol. The van der Waals surface area contributed by atoms with Crippen LogP contribution in [0.4, 0.5) is 0 Å². The normalized spacial score (nSPS) is 22.0. The summed E-state index contributed by atoms with van der Waals surface area (Å²) in [4.78, 5) is 12.6. The molecule has 28 heavy (non-hydrogen) atoms. The quantitative estimate of drug-likeness (QED) is 0.748. The van der Waals surface area contributed by atoms with E-state index < -0.39 is 10.2 Å². The maximum absolute atomic E-state index is 12.9. The van der Waals surface area contributed by atoms with Crippen molar-refractivity contribution >= 4 is 16.1 Å². The van der Waals surface area contributed by atoms with Crippen molar-refractivity contribution in [3.63, 3.8) is 0 Å². The van der Waals surface area contributed by atoms with Gasteiger partial charge in [-0.1, -0.05) is 18.6 Å². The second-order valence-corrected chi connectivity index (χ2v) is 9.39. The van der Waals surface area contributed by atoms with Crippen LogP contribution in [0.3, 0.4) is 0 Å². The Hall–Kier alpha value is -1.64. The number of benzene rings is 1. The fourth-order valence-corrected chi connectivity index (χ4v) is 5.60. The van der Waals surface area contributed by atoms with Gasteiger partial charge in [-0.25, -0.2) is 0 Å². The summed E-state index contributed by atoms with van der Waals surface area (Å²) in [6, 6.07) is 7.63. The number of nitrogens with one attached hydrogen (secondary N) is 1. The Labute approximate surface area is 168 Å². The van der Waals surface area contributed by atoms with Crippen LogP contribution in [0.1, 0.15) is 44.6 Å². The third-order valence-electron chi connectivity index (χ3n) is 5.42. The second kappa shape index (κ2) is 9.71. The van der Waals surface area contributed by atoms with Crippen molar-refractivity contribution in [2.75, 3.05) is 32.8 Å². The Balaban J connectivity index is 1.53. The maximum Gasteiger partial charge on any atom is 0.281 e. The van der Waals surface area contributed by atoms with Gasteiger partial charge in [0.1, 0.15) is 5.75 Å². The third kappa shape index (κ3) is 5.24. The number of hydrogen-bond acceptors (Lipinski definition) is 4. The highest BCUT2D eigenvalue weighted by molar-refractivity contribution is 7.86. The molecule has 0 spiro atoms. The smallest absolute Gasteiger partial charge is 0.281 e. The number of carbonyl (C=O) groups is 1. The first-order valence-corrected chi connectivity index (χ1v) is 11.6. The summed E-state index contributed by atoms with van der Waals surface area (Å²) in [6.45, 7) is 4.94. The van der Waals surface area contributed by atoms with Gasteiger partial charge >= 0.3 is 0 Å². The van der Waals surface area contributed by atoms with Gasteiger partial charge in [-0.05, 0) is 50.3 Å². The van der Waals surface area contributed by atoms with Crippen LogP contribution < -0.4 is 10.1 Å². The number of ether oxygens (including phenoxy) is 1. The highest BCUT2D eigenvalue weighted by Crippen LogP contribution is 2.23. The molecule has 8 heteroatoms. The average Bonchev–Trinajstić information content (AvgIpc) is 2.74. The van der Waals surface area contributed by atoms with Gasteiger partial charge in [0, 0.05) is 32.7 Å². The van der Waals surface area contributed by atoms with Crippen LogP contribution in [0, 0.1) is 5.92 Å². The molecular formula is C20H31N3O4S. The molecule has 3 rings (SSSR count). The van der Waals surface area contributed by atoms with E-state index >= 15 is 0 Å². The molecule has 0 unspecified atom stereocenters. The molecular weight excluding hydrogens is 378 g/mol. The van der Waals surface area contributed by atoms with Gasteiger partial charge in [0.25, 0.3) is 10.2 Å². The fourth-order valence-electron chi connectivity index (χ4n) is 3.83. The molecule has 2 saturated heterocycles. The summed E-state index contributed by atoms with van der Waals surface area (Å²) in [5.41, 5.74) is 0.991. The fraction of sp³-hybridized carbons (Fsp3) is 0.650. The summed E-state index contributed by atoms with van der Waals surface area (Å²) >= 11 is 0. The zero-order valence-corrected chi connectivity index (χ0v) is 17.4. The Morgan fingerprint density at radius 2 is 1.75 bits per heavy atom. The molecule has 2 heterocycles. The van der Waals surface area contributed by atoms with Crippen LogP contribution in [0.15, 0.2) is 24.3 Å². The second-order valence-electron chi connectivity index (χ2n) is 7.46. The van der Waals surface area contributed by atoms with Crippen molar-refractivity contribution in [1.29, 1.82) is 0 Å². The lowest BCUT2D eigenvalue weighted by molar-refractivity contribution is -0.126. The molecule has 0 aromatic heterocycles. The van der Waals surface area contributed by atoms with E-state index in [9.17, 15) is 13.2 Å². The summed E-state index contributed by atoms with van der Waals surface area (Å²) in [5, 5.41) is 2.96. The van der Waals surface area contributed by atoms with E-state index in [1.807, 2.05) is 31.2 Å². The Morgan fingerprint density at radius 3 is 2.43 bits per heavy atom. The molecule has 2 fully saturated rings. The van der Waals surface area contributed by atoms with Crippen molar-refractivity contribution in [3.8, 4) is 5.75 Å². The van der Waals surface area contributed by atoms with Crippen LogP contribution >= 0.6 is 0 Å². The lowest BCUT2D eigenvalue weighted by atomic mass is 9.99. The topological polar surface area (TPSA) is 79.0 Å². The largest absolute Gasteiger partial charge is 0.494 e. The van der Waals surface area contributed by atoms with Crippen molar-refractivity contribution in [2.24, 2.45) is 5.92 Å². The van der Waals surface area contributed by atoms with Crippen LogP contribution in [-0.4, -0.2) is 55.7 Å².